The van der Waals surface area contributed by atoms with E-state index in [1.165, 1.54) is 12.8 Å². The van der Waals surface area contributed by atoms with Gasteiger partial charge in [-0.15, -0.1) is 0 Å². The maximum atomic E-state index is 12.0. The first-order valence-corrected chi connectivity index (χ1v) is 7.10. The summed E-state index contributed by atoms with van der Waals surface area (Å²) in [4.78, 5) is 12.0. The van der Waals surface area contributed by atoms with Gasteiger partial charge in [0.1, 0.15) is 5.75 Å². The largest absolute Gasteiger partial charge is 0.497 e. The second-order valence-electron chi connectivity index (χ2n) is 4.16. The van der Waals surface area contributed by atoms with Crippen LogP contribution in [0.2, 0.25) is 0 Å². The Morgan fingerprint density at radius 1 is 1.33 bits per heavy atom. The molecule has 0 fully saturated rings. The summed E-state index contributed by atoms with van der Waals surface area (Å²) in [5, 5.41) is 2.93. The molecule has 1 N–H and O–H groups in total. The zero-order valence-electron chi connectivity index (χ0n) is 11.0. The van der Waals surface area contributed by atoms with Crippen LogP contribution in [0, 0.1) is 0 Å². The first-order valence-electron chi connectivity index (χ1n) is 6.30. The lowest BCUT2D eigenvalue weighted by Crippen LogP contribution is -2.24. The van der Waals surface area contributed by atoms with Crippen LogP contribution >= 0.6 is 15.9 Å². The number of hydrogen-bond acceptors (Lipinski definition) is 2. The molecule has 0 heterocycles. The van der Waals surface area contributed by atoms with E-state index in [1.807, 2.05) is 12.1 Å². The molecular weight excluding hydrogens is 294 g/mol. The molecular formula is C14H20BrNO2. The standard InChI is InChI=1S/C14H20BrNO2/c1-3-4-5-6-9-16-14(17)12-10-11(18-2)7-8-13(12)15/h7-8,10H,3-6,9H2,1-2H3,(H,16,17). The van der Waals surface area contributed by atoms with Crippen LogP contribution in [0.15, 0.2) is 22.7 Å². The minimum atomic E-state index is -0.0581. The van der Waals surface area contributed by atoms with Crippen molar-refractivity contribution in [2.75, 3.05) is 13.7 Å². The van der Waals surface area contributed by atoms with Crippen LogP contribution in [0.1, 0.15) is 43.0 Å². The van der Waals surface area contributed by atoms with Crippen molar-refractivity contribution in [3.63, 3.8) is 0 Å². The van der Waals surface area contributed by atoms with E-state index in [9.17, 15) is 4.79 Å². The highest BCUT2D eigenvalue weighted by Crippen LogP contribution is 2.22. The highest BCUT2D eigenvalue weighted by molar-refractivity contribution is 9.10. The molecule has 0 aliphatic rings. The van der Waals surface area contributed by atoms with E-state index in [4.69, 9.17) is 4.74 Å². The summed E-state index contributed by atoms with van der Waals surface area (Å²) in [7, 11) is 1.59. The van der Waals surface area contributed by atoms with Crippen molar-refractivity contribution in [1.82, 2.24) is 5.32 Å². The van der Waals surface area contributed by atoms with Crippen LogP contribution in [0.25, 0.3) is 0 Å². The number of halogens is 1. The third kappa shape index (κ3) is 4.69. The Labute approximate surface area is 117 Å². The fraction of sp³-hybridized carbons (Fsp3) is 0.500. The van der Waals surface area contributed by atoms with Crippen molar-refractivity contribution in [3.05, 3.63) is 28.2 Å². The molecule has 0 saturated heterocycles. The lowest BCUT2D eigenvalue weighted by atomic mass is 10.2. The van der Waals surface area contributed by atoms with Gasteiger partial charge in [-0.25, -0.2) is 0 Å². The first kappa shape index (κ1) is 15.0. The number of amides is 1. The fourth-order valence-electron chi connectivity index (χ4n) is 1.65. The number of carbonyl (C=O) groups excluding carboxylic acids is 1. The third-order valence-corrected chi connectivity index (χ3v) is 3.43. The van der Waals surface area contributed by atoms with Crippen LogP contribution in [-0.4, -0.2) is 19.6 Å². The molecule has 0 spiro atoms. The number of methoxy groups -OCH3 is 1. The third-order valence-electron chi connectivity index (χ3n) is 2.73. The van der Waals surface area contributed by atoms with Gasteiger partial charge in [-0.2, -0.15) is 0 Å². The van der Waals surface area contributed by atoms with E-state index in [1.54, 1.807) is 13.2 Å². The second-order valence-corrected chi connectivity index (χ2v) is 5.02. The molecule has 0 atom stereocenters. The molecule has 1 rings (SSSR count). The fourth-order valence-corrected chi connectivity index (χ4v) is 2.08. The predicted octanol–water partition coefficient (Wildman–Crippen LogP) is 3.77. The van der Waals surface area contributed by atoms with Gasteiger partial charge in [-0.3, -0.25) is 4.79 Å². The van der Waals surface area contributed by atoms with Gasteiger partial charge in [0, 0.05) is 11.0 Å². The van der Waals surface area contributed by atoms with Crippen LogP contribution in [0.5, 0.6) is 5.75 Å². The van der Waals surface area contributed by atoms with Crippen molar-refractivity contribution in [2.24, 2.45) is 0 Å². The van der Waals surface area contributed by atoms with Crippen molar-refractivity contribution in [1.29, 1.82) is 0 Å². The van der Waals surface area contributed by atoms with Gasteiger partial charge in [-0.1, -0.05) is 26.2 Å². The summed E-state index contributed by atoms with van der Waals surface area (Å²) in [5.74, 6) is 0.631. The Morgan fingerprint density at radius 2 is 2.11 bits per heavy atom. The molecule has 0 radical (unpaired) electrons. The smallest absolute Gasteiger partial charge is 0.252 e. The molecule has 3 nitrogen and oxygen atoms in total. The summed E-state index contributed by atoms with van der Waals surface area (Å²) in [5.41, 5.74) is 0.616. The molecule has 0 bridgehead atoms. The first-order chi connectivity index (χ1) is 8.69. The average Bonchev–Trinajstić information content (AvgIpc) is 2.39. The summed E-state index contributed by atoms with van der Waals surface area (Å²) in [6.45, 7) is 2.90. The van der Waals surface area contributed by atoms with Crippen molar-refractivity contribution in [2.45, 2.75) is 32.6 Å². The SMILES string of the molecule is CCCCCCNC(=O)c1cc(OC)ccc1Br. The topological polar surface area (TPSA) is 38.3 Å². The Hall–Kier alpha value is -1.03. The average molecular weight is 314 g/mol. The van der Waals surface area contributed by atoms with Gasteiger partial charge in [-0.05, 0) is 40.5 Å². The molecule has 100 valence electrons. The molecule has 0 saturated carbocycles. The van der Waals surface area contributed by atoms with E-state index in [2.05, 4.69) is 28.2 Å². The number of rotatable bonds is 7. The highest BCUT2D eigenvalue weighted by atomic mass is 79.9. The number of ether oxygens (including phenoxy) is 1. The molecule has 0 aliphatic heterocycles. The maximum Gasteiger partial charge on any atom is 0.252 e. The van der Waals surface area contributed by atoms with Crippen molar-refractivity contribution >= 4 is 21.8 Å². The minimum Gasteiger partial charge on any atom is -0.497 e. The van der Waals surface area contributed by atoms with Crippen molar-refractivity contribution < 1.29 is 9.53 Å². The number of unbranched alkanes of at least 4 members (excludes halogenated alkanes) is 3. The second kappa shape index (κ2) is 8.14. The van der Waals surface area contributed by atoms with Gasteiger partial charge in [0.15, 0.2) is 0 Å². The summed E-state index contributed by atoms with van der Waals surface area (Å²) in [6, 6.07) is 5.39. The summed E-state index contributed by atoms with van der Waals surface area (Å²) in [6.07, 6.45) is 4.62. The van der Waals surface area contributed by atoms with Crippen LogP contribution in [0.4, 0.5) is 0 Å². The molecule has 0 unspecified atom stereocenters. The normalized spacial score (nSPS) is 10.2. The lowest BCUT2D eigenvalue weighted by molar-refractivity contribution is 0.0952. The molecule has 0 aliphatic carbocycles. The monoisotopic (exact) mass is 313 g/mol. The van der Waals surface area contributed by atoms with Crippen LogP contribution in [0.3, 0.4) is 0 Å². The molecule has 4 heteroatoms. The summed E-state index contributed by atoms with van der Waals surface area (Å²) < 4.78 is 5.90. The number of carbonyl (C=O) groups is 1. The quantitative estimate of drug-likeness (QED) is 0.778. The highest BCUT2D eigenvalue weighted by Gasteiger charge is 2.10. The van der Waals surface area contributed by atoms with Crippen molar-refractivity contribution in [3.8, 4) is 5.75 Å². The van der Waals surface area contributed by atoms with Crippen LogP contribution < -0.4 is 10.1 Å². The van der Waals surface area contributed by atoms with E-state index in [-0.39, 0.29) is 5.91 Å². The summed E-state index contributed by atoms with van der Waals surface area (Å²) >= 11 is 3.38. The lowest BCUT2D eigenvalue weighted by Gasteiger charge is -2.08. The van der Waals surface area contributed by atoms with Gasteiger partial charge in [0.2, 0.25) is 0 Å². The van der Waals surface area contributed by atoms with Gasteiger partial charge in [0.05, 0.1) is 12.7 Å². The minimum absolute atomic E-state index is 0.0581. The number of nitrogens with one attached hydrogen (secondary N) is 1. The van der Waals surface area contributed by atoms with E-state index < -0.39 is 0 Å². The Balaban J connectivity index is 2.50. The Kier molecular flexibility index (Phi) is 6.80. The molecule has 1 aromatic rings. The zero-order chi connectivity index (χ0) is 13.4. The molecule has 0 aromatic heterocycles. The maximum absolute atomic E-state index is 12.0. The molecule has 1 amide bonds. The predicted molar refractivity (Wildman–Crippen MR) is 77.2 cm³/mol. The van der Waals surface area contributed by atoms with E-state index >= 15 is 0 Å². The number of hydrogen-bond donors (Lipinski definition) is 1. The Morgan fingerprint density at radius 3 is 2.78 bits per heavy atom. The van der Waals surface area contributed by atoms with E-state index in [0.29, 0.717) is 11.3 Å². The zero-order valence-corrected chi connectivity index (χ0v) is 12.5. The van der Waals surface area contributed by atoms with E-state index in [0.717, 1.165) is 23.9 Å². The number of benzene rings is 1. The van der Waals surface area contributed by atoms with Crippen LogP contribution in [-0.2, 0) is 0 Å². The molecule has 1 aromatic carbocycles. The molecule has 18 heavy (non-hydrogen) atoms. The Bertz CT molecular complexity index is 393. The van der Waals surface area contributed by atoms with Gasteiger partial charge < -0.3 is 10.1 Å². The van der Waals surface area contributed by atoms with Gasteiger partial charge >= 0.3 is 0 Å². The van der Waals surface area contributed by atoms with Gasteiger partial charge in [0.25, 0.3) is 5.91 Å².